The van der Waals surface area contributed by atoms with Gasteiger partial charge in [0.15, 0.2) is 6.29 Å². The summed E-state index contributed by atoms with van der Waals surface area (Å²) in [5.74, 6) is 0. The van der Waals surface area contributed by atoms with Crippen LogP contribution in [0.3, 0.4) is 0 Å². The van der Waals surface area contributed by atoms with E-state index in [2.05, 4.69) is 12.8 Å². The van der Waals surface area contributed by atoms with E-state index < -0.39 is 6.29 Å². The standard InChI is InChI=1S/C5H12O2.C2H2/c1-3-4-7-5(2)6;1-2/h5-6H,3-4H2,1-2H3;1-2H. The Hall–Kier alpha value is -0.520. The van der Waals surface area contributed by atoms with Crippen LogP contribution in [0, 0.1) is 12.8 Å². The SMILES string of the molecule is C#C.CCCOC(C)O. The Balaban J connectivity index is 0. The molecule has 0 aromatic rings. The van der Waals surface area contributed by atoms with Gasteiger partial charge >= 0.3 is 0 Å². The summed E-state index contributed by atoms with van der Waals surface area (Å²) in [5, 5.41) is 8.46. The molecule has 0 aliphatic rings. The number of rotatable bonds is 3. The first-order valence-corrected chi connectivity index (χ1v) is 2.90. The van der Waals surface area contributed by atoms with E-state index >= 15 is 0 Å². The van der Waals surface area contributed by atoms with Crippen molar-refractivity contribution in [2.24, 2.45) is 0 Å². The number of ether oxygens (including phenoxy) is 1. The number of terminal acetylenes is 1. The van der Waals surface area contributed by atoms with Crippen LogP contribution in [-0.4, -0.2) is 18.0 Å². The lowest BCUT2D eigenvalue weighted by Crippen LogP contribution is -2.05. The van der Waals surface area contributed by atoms with Crippen LogP contribution in [0.15, 0.2) is 0 Å². The van der Waals surface area contributed by atoms with Crippen molar-refractivity contribution >= 4 is 0 Å². The van der Waals surface area contributed by atoms with Gasteiger partial charge in [-0.05, 0) is 13.3 Å². The first-order chi connectivity index (χ1) is 4.27. The molecule has 0 saturated heterocycles. The minimum absolute atomic E-state index is 0.597. The molecule has 0 aliphatic carbocycles. The molecule has 1 N–H and O–H groups in total. The molecule has 0 aromatic carbocycles. The average Bonchev–Trinajstić information content (AvgIpc) is 1.88. The van der Waals surface area contributed by atoms with Crippen molar-refractivity contribution in [3.63, 3.8) is 0 Å². The van der Waals surface area contributed by atoms with E-state index in [4.69, 9.17) is 9.84 Å². The van der Waals surface area contributed by atoms with Gasteiger partial charge in [-0.1, -0.05) is 6.92 Å². The summed E-state index contributed by atoms with van der Waals surface area (Å²) in [6.07, 6.45) is 8.37. The summed E-state index contributed by atoms with van der Waals surface area (Å²) in [6.45, 7) is 4.26. The van der Waals surface area contributed by atoms with Crippen molar-refractivity contribution in [1.29, 1.82) is 0 Å². The minimum Gasteiger partial charge on any atom is -0.368 e. The predicted molar refractivity (Wildman–Crippen MR) is 37.8 cm³/mol. The molecule has 1 atom stereocenters. The zero-order valence-electron chi connectivity index (χ0n) is 6.00. The van der Waals surface area contributed by atoms with Gasteiger partial charge in [-0.3, -0.25) is 0 Å². The van der Waals surface area contributed by atoms with Crippen molar-refractivity contribution in [1.82, 2.24) is 0 Å². The third-order valence-corrected chi connectivity index (χ3v) is 0.563. The molecule has 0 spiro atoms. The molecular weight excluding hydrogens is 116 g/mol. The Labute approximate surface area is 56.8 Å². The summed E-state index contributed by atoms with van der Waals surface area (Å²) in [7, 11) is 0. The van der Waals surface area contributed by atoms with E-state index in [0.29, 0.717) is 6.61 Å². The topological polar surface area (TPSA) is 29.5 Å². The summed E-state index contributed by atoms with van der Waals surface area (Å²) >= 11 is 0. The Kier molecular flexibility index (Phi) is 13.1. The molecule has 1 unspecified atom stereocenters. The summed E-state index contributed by atoms with van der Waals surface area (Å²) < 4.78 is 4.75. The zero-order valence-corrected chi connectivity index (χ0v) is 6.00. The first-order valence-electron chi connectivity index (χ1n) is 2.90. The normalized spacial score (nSPS) is 11.2. The molecule has 2 heteroatoms. The molecule has 0 aliphatic heterocycles. The maximum absolute atomic E-state index is 8.46. The maximum Gasteiger partial charge on any atom is 0.151 e. The molecule has 0 radical (unpaired) electrons. The number of hydrogen-bond donors (Lipinski definition) is 1. The van der Waals surface area contributed by atoms with Crippen molar-refractivity contribution in [3.8, 4) is 12.8 Å². The molecule has 0 fully saturated rings. The van der Waals surface area contributed by atoms with Gasteiger partial charge in [0.25, 0.3) is 0 Å². The van der Waals surface area contributed by atoms with Gasteiger partial charge in [-0.15, -0.1) is 12.8 Å². The highest BCUT2D eigenvalue weighted by Crippen LogP contribution is 1.84. The second-order valence-corrected chi connectivity index (χ2v) is 1.47. The van der Waals surface area contributed by atoms with Gasteiger partial charge < -0.3 is 9.84 Å². The van der Waals surface area contributed by atoms with Crippen LogP contribution in [0.4, 0.5) is 0 Å². The Morgan fingerprint density at radius 2 is 2.00 bits per heavy atom. The van der Waals surface area contributed by atoms with Crippen LogP contribution >= 0.6 is 0 Å². The lowest BCUT2D eigenvalue weighted by molar-refractivity contribution is -0.0846. The van der Waals surface area contributed by atoms with Crippen molar-refractivity contribution in [2.45, 2.75) is 26.6 Å². The van der Waals surface area contributed by atoms with Crippen LogP contribution in [0.5, 0.6) is 0 Å². The fourth-order valence-electron chi connectivity index (χ4n) is 0.288. The van der Waals surface area contributed by atoms with Gasteiger partial charge in [-0.25, -0.2) is 0 Å². The molecule has 0 aromatic heterocycles. The highest BCUT2D eigenvalue weighted by atomic mass is 16.6. The second-order valence-electron chi connectivity index (χ2n) is 1.47. The van der Waals surface area contributed by atoms with Crippen molar-refractivity contribution in [3.05, 3.63) is 0 Å². The Morgan fingerprint density at radius 3 is 2.11 bits per heavy atom. The minimum atomic E-state index is -0.597. The van der Waals surface area contributed by atoms with Gasteiger partial charge in [0.2, 0.25) is 0 Å². The number of aliphatic hydroxyl groups is 1. The molecule has 54 valence electrons. The van der Waals surface area contributed by atoms with E-state index in [9.17, 15) is 0 Å². The molecule has 0 bridgehead atoms. The average molecular weight is 130 g/mol. The molecule has 0 amide bonds. The summed E-state index contributed by atoms with van der Waals surface area (Å²) in [4.78, 5) is 0. The van der Waals surface area contributed by atoms with Crippen molar-refractivity contribution in [2.75, 3.05) is 6.61 Å². The third kappa shape index (κ3) is 18.5. The fourth-order valence-corrected chi connectivity index (χ4v) is 0.288. The van der Waals surface area contributed by atoms with Crippen LogP contribution in [0.1, 0.15) is 20.3 Å². The molecule has 9 heavy (non-hydrogen) atoms. The highest BCUT2D eigenvalue weighted by molar-refractivity contribution is 4.47. The van der Waals surface area contributed by atoms with Crippen LogP contribution in [-0.2, 0) is 4.74 Å². The Morgan fingerprint density at radius 1 is 1.56 bits per heavy atom. The maximum atomic E-state index is 8.46. The number of hydrogen-bond acceptors (Lipinski definition) is 2. The highest BCUT2D eigenvalue weighted by Gasteiger charge is 1.88. The summed E-state index contributed by atoms with van der Waals surface area (Å²) in [6, 6.07) is 0. The second kappa shape index (κ2) is 10.5. The monoisotopic (exact) mass is 130 g/mol. The molecule has 2 nitrogen and oxygen atoms in total. The lowest BCUT2D eigenvalue weighted by atomic mass is 10.5. The van der Waals surface area contributed by atoms with E-state index in [1.165, 1.54) is 0 Å². The largest absolute Gasteiger partial charge is 0.368 e. The molecule has 0 heterocycles. The predicted octanol–water partition coefficient (Wildman–Crippen LogP) is 1.00. The number of aliphatic hydroxyl groups excluding tert-OH is 1. The fraction of sp³-hybridized carbons (Fsp3) is 0.714. The summed E-state index contributed by atoms with van der Waals surface area (Å²) in [5.41, 5.74) is 0. The molecular formula is C7H14O2. The van der Waals surface area contributed by atoms with Gasteiger partial charge in [0.1, 0.15) is 0 Å². The molecule has 0 rings (SSSR count). The zero-order chi connectivity index (χ0) is 7.70. The lowest BCUT2D eigenvalue weighted by Gasteiger charge is -2.02. The van der Waals surface area contributed by atoms with Crippen molar-refractivity contribution < 1.29 is 9.84 Å². The van der Waals surface area contributed by atoms with Crippen LogP contribution in [0.2, 0.25) is 0 Å². The quantitative estimate of drug-likeness (QED) is 0.456. The van der Waals surface area contributed by atoms with E-state index in [1.807, 2.05) is 6.92 Å². The van der Waals surface area contributed by atoms with Gasteiger partial charge in [-0.2, -0.15) is 0 Å². The van der Waals surface area contributed by atoms with Gasteiger partial charge in [0, 0.05) is 6.61 Å². The van der Waals surface area contributed by atoms with Crippen LogP contribution < -0.4 is 0 Å². The third-order valence-electron chi connectivity index (χ3n) is 0.563. The van der Waals surface area contributed by atoms with E-state index in [0.717, 1.165) is 6.42 Å². The molecule has 0 saturated carbocycles. The first kappa shape index (κ1) is 11.3. The van der Waals surface area contributed by atoms with Crippen LogP contribution in [0.25, 0.3) is 0 Å². The smallest absolute Gasteiger partial charge is 0.151 e. The van der Waals surface area contributed by atoms with Gasteiger partial charge in [0.05, 0.1) is 0 Å². The Bertz CT molecular complexity index is 57.2. The van der Waals surface area contributed by atoms with E-state index in [-0.39, 0.29) is 0 Å². The van der Waals surface area contributed by atoms with E-state index in [1.54, 1.807) is 6.92 Å².